The smallest absolute Gasteiger partial charge is 0.253 e. The van der Waals surface area contributed by atoms with Crippen molar-refractivity contribution in [1.29, 1.82) is 0 Å². The second kappa shape index (κ2) is 11.0. The molecule has 0 saturated carbocycles. The Morgan fingerprint density at radius 2 is 1.76 bits per heavy atom. The molecule has 2 atom stereocenters. The Hall–Kier alpha value is -3.67. The number of piperidine rings is 1. The number of hydrogen-bond acceptors (Lipinski definition) is 3. The number of nitrogens with zero attached hydrogens (tertiary/aromatic N) is 1. The number of hydrogen-bond donors (Lipinski definition) is 1. The summed E-state index contributed by atoms with van der Waals surface area (Å²) in [6.07, 6.45) is 1.36. The van der Waals surface area contributed by atoms with Gasteiger partial charge in [-0.15, -0.1) is 0 Å². The van der Waals surface area contributed by atoms with Gasteiger partial charge in [-0.3, -0.25) is 9.59 Å². The van der Waals surface area contributed by atoms with E-state index in [0.717, 1.165) is 16.9 Å². The third-order valence-electron chi connectivity index (χ3n) is 6.32. The molecule has 1 fully saturated rings. The van der Waals surface area contributed by atoms with Crippen molar-refractivity contribution in [2.24, 2.45) is 5.92 Å². The molecule has 1 aliphatic rings. The van der Waals surface area contributed by atoms with Crippen LogP contribution in [0.3, 0.4) is 0 Å². The zero-order valence-corrected chi connectivity index (χ0v) is 19.2. The van der Waals surface area contributed by atoms with Gasteiger partial charge in [0.05, 0.1) is 13.0 Å². The number of rotatable bonds is 7. The summed E-state index contributed by atoms with van der Waals surface area (Å²) in [5.74, 6) is -0.278. The summed E-state index contributed by atoms with van der Waals surface area (Å²) in [6.45, 7) is 1.32. The first-order chi connectivity index (χ1) is 16.5. The summed E-state index contributed by atoms with van der Waals surface area (Å²) < 4.78 is 18.9. The van der Waals surface area contributed by atoms with Gasteiger partial charge in [-0.25, -0.2) is 4.39 Å². The highest BCUT2D eigenvalue weighted by Crippen LogP contribution is 2.31. The number of methoxy groups -OCH3 is 1. The molecule has 0 aromatic heterocycles. The lowest BCUT2D eigenvalue weighted by atomic mass is 9.83. The second-order valence-electron chi connectivity index (χ2n) is 8.65. The van der Waals surface area contributed by atoms with Gasteiger partial charge in [0.2, 0.25) is 5.91 Å². The van der Waals surface area contributed by atoms with Crippen LogP contribution in [0.5, 0.6) is 5.75 Å². The summed E-state index contributed by atoms with van der Waals surface area (Å²) in [4.78, 5) is 27.9. The van der Waals surface area contributed by atoms with E-state index in [4.69, 9.17) is 4.74 Å². The second-order valence-corrected chi connectivity index (χ2v) is 8.65. The molecule has 1 saturated heterocycles. The molecule has 6 heteroatoms. The summed E-state index contributed by atoms with van der Waals surface area (Å²) in [5, 5.41) is 3.04. The Bertz CT molecular complexity index is 1120. The number of carbonyl (C=O) groups is 2. The monoisotopic (exact) mass is 460 g/mol. The van der Waals surface area contributed by atoms with Crippen molar-refractivity contribution in [2.45, 2.75) is 18.8 Å². The highest BCUT2D eigenvalue weighted by atomic mass is 19.1. The largest absolute Gasteiger partial charge is 0.497 e. The van der Waals surface area contributed by atoms with Crippen LogP contribution >= 0.6 is 0 Å². The van der Waals surface area contributed by atoms with E-state index < -0.39 is 5.82 Å². The van der Waals surface area contributed by atoms with Crippen LogP contribution in [0.4, 0.5) is 4.39 Å². The van der Waals surface area contributed by atoms with Crippen molar-refractivity contribution in [3.05, 3.63) is 101 Å². The lowest BCUT2D eigenvalue weighted by Crippen LogP contribution is -2.48. The fourth-order valence-corrected chi connectivity index (χ4v) is 4.49. The fourth-order valence-electron chi connectivity index (χ4n) is 4.49. The van der Waals surface area contributed by atoms with E-state index in [1.54, 1.807) is 18.1 Å². The van der Waals surface area contributed by atoms with E-state index in [1.165, 1.54) is 18.2 Å². The van der Waals surface area contributed by atoms with Crippen LogP contribution in [0, 0.1) is 11.7 Å². The summed E-state index contributed by atoms with van der Waals surface area (Å²) >= 11 is 0. The first kappa shape index (κ1) is 23.5. The average Bonchev–Trinajstić information content (AvgIpc) is 2.89. The maximum atomic E-state index is 13.7. The standard InChI is InChI=1S/C28H29FN2O3/c1-34-26-12-10-20(11-13-26)14-15-30-27(32)24-16-23(21-6-3-2-4-7-21)18-31(19-24)28(33)22-8-5-9-25(29)17-22/h2-13,17,23-24H,14-16,18-19H2,1H3,(H,30,32)/t23-,24-/m0/s1. The van der Waals surface area contributed by atoms with Crippen molar-refractivity contribution >= 4 is 11.8 Å². The van der Waals surface area contributed by atoms with E-state index in [9.17, 15) is 14.0 Å². The molecule has 176 valence electrons. The van der Waals surface area contributed by atoms with E-state index in [0.29, 0.717) is 38.0 Å². The molecule has 0 unspecified atom stereocenters. The predicted octanol–water partition coefficient (Wildman–Crippen LogP) is 4.44. The Morgan fingerprint density at radius 3 is 2.47 bits per heavy atom. The highest BCUT2D eigenvalue weighted by Gasteiger charge is 2.34. The van der Waals surface area contributed by atoms with Gasteiger partial charge in [-0.05, 0) is 54.3 Å². The third kappa shape index (κ3) is 5.81. The normalized spacial score (nSPS) is 17.8. The average molecular weight is 461 g/mol. The minimum Gasteiger partial charge on any atom is -0.497 e. The predicted molar refractivity (Wildman–Crippen MR) is 129 cm³/mol. The van der Waals surface area contributed by atoms with E-state index in [2.05, 4.69) is 5.32 Å². The lowest BCUT2D eigenvalue weighted by molar-refractivity contribution is -0.126. The van der Waals surface area contributed by atoms with Crippen LogP contribution in [-0.2, 0) is 11.2 Å². The minimum absolute atomic E-state index is 0.0322. The Balaban J connectivity index is 1.44. The van der Waals surface area contributed by atoms with Crippen molar-refractivity contribution in [1.82, 2.24) is 10.2 Å². The minimum atomic E-state index is -0.449. The molecular weight excluding hydrogens is 431 g/mol. The molecule has 3 aromatic rings. The number of likely N-dealkylation sites (tertiary alicyclic amines) is 1. The van der Waals surface area contributed by atoms with Gasteiger partial charge in [-0.1, -0.05) is 48.5 Å². The van der Waals surface area contributed by atoms with Crippen LogP contribution in [0.15, 0.2) is 78.9 Å². The van der Waals surface area contributed by atoms with Crippen molar-refractivity contribution in [2.75, 3.05) is 26.7 Å². The molecule has 0 aliphatic carbocycles. The molecule has 1 heterocycles. The topological polar surface area (TPSA) is 58.6 Å². The molecule has 0 bridgehead atoms. The number of benzene rings is 3. The molecule has 5 nitrogen and oxygen atoms in total. The van der Waals surface area contributed by atoms with E-state index in [-0.39, 0.29) is 23.7 Å². The first-order valence-corrected chi connectivity index (χ1v) is 11.5. The van der Waals surface area contributed by atoms with Gasteiger partial charge in [-0.2, -0.15) is 0 Å². The van der Waals surface area contributed by atoms with Crippen LogP contribution < -0.4 is 10.1 Å². The van der Waals surface area contributed by atoms with Crippen LogP contribution in [0.1, 0.15) is 33.8 Å². The van der Waals surface area contributed by atoms with Crippen molar-refractivity contribution in [3.63, 3.8) is 0 Å². The van der Waals surface area contributed by atoms with Crippen LogP contribution in [-0.4, -0.2) is 43.5 Å². The highest BCUT2D eigenvalue weighted by molar-refractivity contribution is 5.94. The number of ether oxygens (including phenoxy) is 1. The lowest BCUT2D eigenvalue weighted by Gasteiger charge is -2.37. The quantitative estimate of drug-likeness (QED) is 0.567. The van der Waals surface area contributed by atoms with Crippen molar-refractivity contribution in [3.8, 4) is 5.75 Å². The van der Waals surface area contributed by atoms with E-state index in [1.807, 2.05) is 54.6 Å². The van der Waals surface area contributed by atoms with Gasteiger partial charge >= 0.3 is 0 Å². The molecule has 0 spiro atoms. The number of nitrogens with one attached hydrogen (secondary N) is 1. The molecule has 1 N–H and O–H groups in total. The summed E-state index contributed by atoms with van der Waals surface area (Å²) in [7, 11) is 1.63. The molecule has 0 radical (unpaired) electrons. The van der Waals surface area contributed by atoms with Gasteiger partial charge in [0.1, 0.15) is 11.6 Å². The van der Waals surface area contributed by atoms with Gasteiger partial charge in [0.15, 0.2) is 0 Å². The first-order valence-electron chi connectivity index (χ1n) is 11.5. The molecule has 3 aromatic carbocycles. The molecule has 34 heavy (non-hydrogen) atoms. The molecule has 1 aliphatic heterocycles. The van der Waals surface area contributed by atoms with Gasteiger partial charge < -0.3 is 15.0 Å². The summed E-state index contributed by atoms with van der Waals surface area (Å²) in [5.41, 5.74) is 2.50. The molecular formula is C28H29FN2O3. The number of carbonyl (C=O) groups excluding carboxylic acids is 2. The number of halogens is 1. The Morgan fingerprint density at radius 1 is 1.00 bits per heavy atom. The maximum Gasteiger partial charge on any atom is 0.253 e. The van der Waals surface area contributed by atoms with E-state index >= 15 is 0 Å². The number of amides is 2. The van der Waals surface area contributed by atoms with Gasteiger partial charge in [0.25, 0.3) is 5.91 Å². The molecule has 4 rings (SSSR count). The van der Waals surface area contributed by atoms with Crippen LogP contribution in [0.2, 0.25) is 0 Å². The third-order valence-corrected chi connectivity index (χ3v) is 6.32. The SMILES string of the molecule is COc1ccc(CCNC(=O)[C@H]2C[C@H](c3ccccc3)CN(C(=O)c3cccc(F)c3)C2)cc1. The fraction of sp³-hybridized carbons (Fsp3) is 0.286. The zero-order chi connectivity index (χ0) is 23.9. The zero-order valence-electron chi connectivity index (χ0n) is 19.2. The summed E-state index contributed by atoms with van der Waals surface area (Å²) in [6, 6.07) is 23.4. The van der Waals surface area contributed by atoms with Crippen LogP contribution in [0.25, 0.3) is 0 Å². The molecule has 2 amide bonds. The van der Waals surface area contributed by atoms with Crippen molar-refractivity contribution < 1.29 is 18.7 Å². The Kier molecular flexibility index (Phi) is 7.58. The maximum absolute atomic E-state index is 13.7. The Labute approximate surface area is 199 Å². The van der Waals surface area contributed by atoms with Gasteiger partial charge in [0, 0.05) is 31.1 Å².